The van der Waals surface area contributed by atoms with Gasteiger partial charge in [0.15, 0.2) is 5.96 Å². The topological polar surface area (TPSA) is 67.8 Å². The van der Waals surface area contributed by atoms with Crippen molar-refractivity contribution >= 4 is 5.96 Å². The number of pyridine rings is 1. The molecule has 0 aliphatic carbocycles. The maximum absolute atomic E-state index is 5.55. The largest absolute Gasteiger partial charge is 0.481 e. The van der Waals surface area contributed by atoms with Crippen LogP contribution in [0.15, 0.2) is 23.3 Å². The molecule has 6 nitrogen and oxygen atoms in total. The van der Waals surface area contributed by atoms with Crippen LogP contribution in [0.3, 0.4) is 0 Å². The molecule has 1 heterocycles. The molecule has 0 radical (unpaired) electrons. The molecule has 0 aliphatic rings. The Morgan fingerprint density at radius 1 is 1.17 bits per heavy atom. The summed E-state index contributed by atoms with van der Waals surface area (Å²) in [4.78, 5) is 8.74. The molecule has 0 aliphatic heterocycles. The van der Waals surface area contributed by atoms with Gasteiger partial charge in [0.2, 0.25) is 5.88 Å². The number of ether oxygens (including phenoxy) is 2. The van der Waals surface area contributed by atoms with Gasteiger partial charge in [-0.25, -0.2) is 9.98 Å². The third kappa shape index (κ3) is 9.03. The minimum Gasteiger partial charge on any atom is -0.481 e. The quantitative estimate of drug-likeness (QED) is 0.372. The number of nitrogens with zero attached hydrogens (tertiary/aromatic N) is 2. The number of methoxy groups -OCH3 is 1. The lowest BCUT2D eigenvalue weighted by Gasteiger charge is -2.11. The van der Waals surface area contributed by atoms with Crippen molar-refractivity contribution in [2.45, 2.75) is 39.7 Å². The summed E-state index contributed by atoms with van der Waals surface area (Å²) in [6.07, 6.45) is 5.06. The number of aliphatic imine (C=N–C) groups is 1. The molecule has 1 aromatic heterocycles. The van der Waals surface area contributed by atoms with Crippen LogP contribution in [0.25, 0.3) is 0 Å². The van der Waals surface area contributed by atoms with E-state index in [0.717, 1.165) is 50.7 Å². The minimum atomic E-state index is 0.583. The summed E-state index contributed by atoms with van der Waals surface area (Å²) in [5.41, 5.74) is 1.05. The molecule has 1 aromatic rings. The van der Waals surface area contributed by atoms with Crippen LogP contribution >= 0.6 is 0 Å². The van der Waals surface area contributed by atoms with Gasteiger partial charge in [-0.15, -0.1) is 0 Å². The number of hydrogen-bond acceptors (Lipinski definition) is 4. The number of rotatable bonds is 11. The molecule has 0 amide bonds. The summed E-state index contributed by atoms with van der Waals surface area (Å²) >= 11 is 0. The lowest BCUT2D eigenvalue weighted by Crippen LogP contribution is -2.38. The molecule has 1 rings (SSSR count). The average molecular weight is 322 g/mol. The summed E-state index contributed by atoms with van der Waals surface area (Å²) < 4.78 is 10.6. The number of unbranched alkanes of at least 4 members (excludes halogenated alkanes) is 1. The van der Waals surface area contributed by atoms with Crippen molar-refractivity contribution in [3.05, 3.63) is 23.9 Å². The minimum absolute atomic E-state index is 0.583. The molecule has 23 heavy (non-hydrogen) atoms. The molecule has 0 unspecified atom stereocenters. The molecule has 0 saturated heterocycles. The fourth-order valence-electron chi connectivity index (χ4n) is 1.87. The second-order valence-corrected chi connectivity index (χ2v) is 5.15. The van der Waals surface area contributed by atoms with E-state index in [2.05, 4.69) is 34.5 Å². The van der Waals surface area contributed by atoms with Gasteiger partial charge in [0.25, 0.3) is 0 Å². The van der Waals surface area contributed by atoms with E-state index in [4.69, 9.17) is 9.47 Å². The highest BCUT2D eigenvalue weighted by Gasteiger charge is 1.99. The summed E-state index contributed by atoms with van der Waals surface area (Å²) in [7, 11) is 1.61. The van der Waals surface area contributed by atoms with Gasteiger partial charge in [0, 0.05) is 38.6 Å². The predicted molar refractivity (Wildman–Crippen MR) is 94.0 cm³/mol. The predicted octanol–water partition coefficient (Wildman–Crippen LogP) is 2.35. The van der Waals surface area contributed by atoms with E-state index >= 15 is 0 Å². The highest BCUT2D eigenvalue weighted by Crippen LogP contribution is 2.07. The molecule has 0 fully saturated rings. The van der Waals surface area contributed by atoms with Crippen molar-refractivity contribution in [3.63, 3.8) is 0 Å². The Balaban J connectivity index is 2.31. The third-order valence-electron chi connectivity index (χ3n) is 3.17. The van der Waals surface area contributed by atoms with Crippen molar-refractivity contribution in [1.82, 2.24) is 15.6 Å². The average Bonchev–Trinajstić information content (AvgIpc) is 2.59. The van der Waals surface area contributed by atoms with Crippen LogP contribution in [0, 0.1) is 0 Å². The Hall–Kier alpha value is -1.82. The van der Waals surface area contributed by atoms with E-state index in [1.54, 1.807) is 13.3 Å². The van der Waals surface area contributed by atoms with Gasteiger partial charge in [-0.05, 0) is 25.3 Å². The standard InChI is InChI=1S/C17H30N4O2/c1-4-6-11-23-12-7-10-19-17(18-5-2)21-14-15-8-9-16(22-3)20-13-15/h8-9,13H,4-7,10-12,14H2,1-3H3,(H2,18,19,21). The number of aromatic nitrogens is 1. The molecular weight excluding hydrogens is 292 g/mol. The second kappa shape index (κ2) is 12.7. The fourth-order valence-corrected chi connectivity index (χ4v) is 1.87. The van der Waals surface area contributed by atoms with Crippen LogP contribution in [0.1, 0.15) is 38.7 Å². The highest BCUT2D eigenvalue weighted by molar-refractivity contribution is 5.79. The zero-order valence-corrected chi connectivity index (χ0v) is 14.6. The maximum atomic E-state index is 5.55. The Kier molecular flexibility index (Phi) is 10.6. The molecule has 0 bridgehead atoms. The molecule has 0 saturated carbocycles. The molecule has 0 atom stereocenters. The molecule has 130 valence electrons. The van der Waals surface area contributed by atoms with E-state index in [1.165, 1.54) is 6.42 Å². The van der Waals surface area contributed by atoms with Crippen LogP contribution in [0.2, 0.25) is 0 Å². The highest BCUT2D eigenvalue weighted by atomic mass is 16.5. The fraction of sp³-hybridized carbons (Fsp3) is 0.647. The monoisotopic (exact) mass is 322 g/mol. The van der Waals surface area contributed by atoms with E-state index in [0.29, 0.717) is 12.4 Å². The summed E-state index contributed by atoms with van der Waals surface area (Å²) in [6, 6.07) is 3.82. The van der Waals surface area contributed by atoms with Gasteiger partial charge in [-0.2, -0.15) is 0 Å². The second-order valence-electron chi connectivity index (χ2n) is 5.15. The van der Waals surface area contributed by atoms with Gasteiger partial charge < -0.3 is 20.1 Å². The van der Waals surface area contributed by atoms with Crippen LogP contribution in [-0.4, -0.2) is 44.4 Å². The molecule has 6 heteroatoms. The summed E-state index contributed by atoms with van der Waals surface area (Å²) in [5.74, 6) is 1.43. The third-order valence-corrected chi connectivity index (χ3v) is 3.17. The Bertz CT molecular complexity index is 435. The van der Waals surface area contributed by atoms with Gasteiger partial charge in [0.1, 0.15) is 0 Å². The molecule has 0 aromatic carbocycles. The number of guanidine groups is 1. The molecular formula is C17H30N4O2. The van der Waals surface area contributed by atoms with Crippen LogP contribution in [0.5, 0.6) is 5.88 Å². The Morgan fingerprint density at radius 3 is 2.65 bits per heavy atom. The van der Waals surface area contributed by atoms with Crippen molar-refractivity contribution in [1.29, 1.82) is 0 Å². The van der Waals surface area contributed by atoms with E-state index in [9.17, 15) is 0 Å². The first kappa shape index (κ1) is 19.2. The van der Waals surface area contributed by atoms with Gasteiger partial charge in [-0.3, -0.25) is 0 Å². The van der Waals surface area contributed by atoms with Crippen molar-refractivity contribution in [2.75, 3.05) is 33.4 Å². The lowest BCUT2D eigenvalue weighted by molar-refractivity contribution is 0.129. The SMILES string of the molecule is CCCCOCCCNC(=NCc1ccc(OC)nc1)NCC. The Labute approximate surface area is 139 Å². The zero-order valence-electron chi connectivity index (χ0n) is 14.6. The van der Waals surface area contributed by atoms with Gasteiger partial charge in [-0.1, -0.05) is 19.4 Å². The van der Waals surface area contributed by atoms with E-state index in [1.807, 2.05) is 12.1 Å². The molecule has 2 N–H and O–H groups in total. The van der Waals surface area contributed by atoms with Crippen LogP contribution < -0.4 is 15.4 Å². The van der Waals surface area contributed by atoms with Gasteiger partial charge in [0.05, 0.1) is 13.7 Å². The zero-order chi connectivity index (χ0) is 16.8. The van der Waals surface area contributed by atoms with Crippen molar-refractivity contribution in [3.8, 4) is 5.88 Å². The lowest BCUT2D eigenvalue weighted by atomic mass is 10.3. The summed E-state index contributed by atoms with van der Waals surface area (Å²) in [6.45, 7) is 8.13. The maximum Gasteiger partial charge on any atom is 0.212 e. The number of nitrogens with one attached hydrogen (secondary N) is 2. The smallest absolute Gasteiger partial charge is 0.212 e. The Morgan fingerprint density at radius 2 is 2.00 bits per heavy atom. The van der Waals surface area contributed by atoms with Gasteiger partial charge >= 0.3 is 0 Å². The van der Waals surface area contributed by atoms with Crippen LogP contribution in [-0.2, 0) is 11.3 Å². The number of hydrogen-bond donors (Lipinski definition) is 2. The molecule has 0 spiro atoms. The van der Waals surface area contributed by atoms with E-state index < -0.39 is 0 Å². The van der Waals surface area contributed by atoms with Crippen molar-refractivity contribution < 1.29 is 9.47 Å². The first-order valence-electron chi connectivity index (χ1n) is 8.39. The van der Waals surface area contributed by atoms with E-state index in [-0.39, 0.29) is 0 Å². The summed E-state index contributed by atoms with van der Waals surface area (Å²) in [5, 5.41) is 6.56. The van der Waals surface area contributed by atoms with Crippen molar-refractivity contribution in [2.24, 2.45) is 4.99 Å². The first-order chi connectivity index (χ1) is 11.3. The van der Waals surface area contributed by atoms with Crippen LogP contribution in [0.4, 0.5) is 0 Å². The first-order valence-corrected chi connectivity index (χ1v) is 8.39. The normalized spacial score (nSPS) is 11.3.